The van der Waals surface area contributed by atoms with Crippen molar-refractivity contribution in [3.8, 4) is 0 Å². The summed E-state index contributed by atoms with van der Waals surface area (Å²) in [6.07, 6.45) is -3.91. The molecule has 7 nitrogen and oxygen atoms in total. The minimum atomic E-state index is -1.46. The number of carbonyl (C=O) groups is 1. The average Bonchev–Trinajstić information content (AvgIpc) is 2.50. The molecule has 130 valence electrons. The van der Waals surface area contributed by atoms with Gasteiger partial charge in [0.05, 0.1) is 13.2 Å². The Labute approximate surface area is 134 Å². The Balaban J connectivity index is 1.67. The molecular weight excluding hydrogens is 304 g/mol. The Hall–Kier alpha value is -0.830. The second-order valence-electron chi connectivity index (χ2n) is 7.15. The summed E-state index contributed by atoms with van der Waals surface area (Å²) in [6.45, 7) is 3.61. The van der Waals surface area contributed by atoms with Crippen LogP contribution in [0.25, 0.3) is 0 Å². The first-order valence-corrected chi connectivity index (χ1v) is 7.93. The van der Waals surface area contributed by atoms with Crippen LogP contribution >= 0.6 is 0 Å². The maximum absolute atomic E-state index is 12.0. The lowest BCUT2D eigenvalue weighted by Crippen LogP contribution is -2.61. The molecule has 1 aliphatic heterocycles. The van der Waals surface area contributed by atoms with Crippen molar-refractivity contribution >= 4 is 5.78 Å². The molecule has 4 N–H and O–H groups in total. The fourth-order valence-corrected chi connectivity index (χ4v) is 4.10. The number of hydrogen-bond donors (Lipinski definition) is 4. The highest BCUT2D eigenvalue weighted by Gasteiger charge is 2.58. The van der Waals surface area contributed by atoms with Crippen LogP contribution in [0.3, 0.4) is 0 Å². The minimum absolute atomic E-state index is 0.0962. The van der Waals surface area contributed by atoms with E-state index in [1.54, 1.807) is 6.08 Å². The lowest BCUT2D eigenvalue weighted by molar-refractivity contribution is -0.310. The maximum atomic E-state index is 12.0. The Bertz CT molecular complexity index is 517. The van der Waals surface area contributed by atoms with Gasteiger partial charge in [-0.1, -0.05) is 12.5 Å². The summed E-state index contributed by atoms with van der Waals surface area (Å²) >= 11 is 0. The molecule has 2 fully saturated rings. The number of allylic oxidation sites excluding steroid dienone is 2. The van der Waals surface area contributed by atoms with Crippen LogP contribution in [0.1, 0.15) is 20.3 Å². The molecule has 0 spiro atoms. The number of ketones is 1. The van der Waals surface area contributed by atoms with Gasteiger partial charge in [-0.05, 0) is 25.3 Å². The third-order valence-electron chi connectivity index (χ3n) is 5.73. The number of aliphatic hydroxyl groups excluding tert-OH is 4. The Morgan fingerprint density at radius 1 is 1.26 bits per heavy atom. The van der Waals surface area contributed by atoms with Gasteiger partial charge < -0.3 is 29.9 Å². The Morgan fingerprint density at radius 2 is 1.96 bits per heavy atom. The average molecular weight is 328 g/mol. The van der Waals surface area contributed by atoms with Crippen LogP contribution in [0.4, 0.5) is 0 Å². The summed E-state index contributed by atoms with van der Waals surface area (Å²) in [5, 5.41) is 38.7. The van der Waals surface area contributed by atoms with E-state index in [4.69, 9.17) is 9.47 Å². The smallest absolute Gasteiger partial charge is 0.186 e. The zero-order valence-corrected chi connectivity index (χ0v) is 13.3. The van der Waals surface area contributed by atoms with E-state index in [1.165, 1.54) is 0 Å². The number of hydrogen-bond acceptors (Lipinski definition) is 7. The topological polar surface area (TPSA) is 116 Å². The van der Waals surface area contributed by atoms with Crippen LogP contribution in [0.15, 0.2) is 11.6 Å². The van der Waals surface area contributed by atoms with E-state index < -0.39 is 37.3 Å². The number of carbonyl (C=O) groups excluding carboxylic acids is 1. The van der Waals surface area contributed by atoms with Crippen LogP contribution < -0.4 is 0 Å². The van der Waals surface area contributed by atoms with Gasteiger partial charge in [-0.2, -0.15) is 0 Å². The molecule has 1 saturated heterocycles. The van der Waals surface area contributed by atoms with Gasteiger partial charge in [0, 0.05) is 11.3 Å². The van der Waals surface area contributed by atoms with Gasteiger partial charge in [0.25, 0.3) is 0 Å². The highest BCUT2D eigenvalue weighted by Crippen LogP contribution is 2.58. The molecule has 4 rings (SSSR count). The van der Waals surface area contributed by atoms with Gasteiger partial charge in [-0.25, -0.2) is 0 Å². The van der Waals surface area contributed by atoms with Crippen molar-refractivity contribution in [3.05, 3.63) is 11.6 Å². The summed E-state index contributed by atoms with van der Waals surface area (Å²) in [6, 6.07) is 0. The predicted octanol–water partition coefficient (Wildman–Crippen LogP) is -1.03. The molecule has 0 amide bonds. The maximum Gasteiger partial charge on any atom is 0.186 e. The molecule has 1 heterocycles. The first-order valence-electron chi connectivity index (χ1n) is 7.93. The van der Waals surface area contributed by atoms with E-state index in [0.717, 1.165) is 12.0 Å². The van der Waals surface area contributed by atoms with Gasteiger partial charge in [0.1, 0.15) is 24.4 Å². The van der Waals surface area contributed by atoms with Crippen LogP contribution in [0.5, 0.6) is 0 Å². The predicted molar refractivity (Wildman–Crippen MR) is 78.2 cm³/mol. The van der Waals surface area contributed by atoms with Gasteiger partial charge >= 0.3 is 0 Å². The molecule has 1 saturated carbocycles. The lowest BCUT2D eigenvalue weighted by Gasteiger charge is -2.56. The van der Waals surface area contributed by atoms with Gasteiger partial charge in [0.15, 0.2) is 12.1 Å². The largest absolute Gasteiger partial charge is 0.394 e. The van der Waals surface area contributed by atoms with E-state index in [-0.39, 0.29) is 29.6 Å². The second-order valence-corrected chi connectivity index (χ2v) is 7.15. The first-order chi connectivity index (χ1) is 10.8. The minimum Gasteiger partial charge on any atom is -0.394 e. The highest BCUT2D eigenvalue weighted by molar-refractivity contribution is 5.96. The summed E-state index contributed by atoms with van der Waals surface area (Å²) < 4.78 is 11.0. The number of rotatable bonds is 4. The quantitative estimate of drug-likeness (QED) is 0.521. The molecular formula is C16H24O7. The number of fused-ring (bicyclic) bond motifs is 1. The zero-order chi connectivity index (χ0) is 16.9. The van der Waals surface area contributed by atoms with Crippen molar-refractivity contribution in [2.24, 2.45) is 17.3 Å². The van der Waals surface area contributed by atoms with Crippen LogP contribution in [-0.2, 0) is 14.3 Å². The normalized spacial score (nSPS) is 49.6. The molecule has 2 bridgehead atoms. The fourth-order valence-electron chi connectivity index (χ4n) is 4.10. The monoisotopic (exact) mass is 328 g/mol. The first kappa shape index (κ1) is 17.0. The molecule has 0 aromatic carbocycles. The van der Waals surface area contributed by atoms with Gasteiger partial charge in [0.2, 0.25) is 0 Å². The second kappa shape index (κ2) is 5.91. The van der Waals surface area contributed by atoms with Crippen LogP contribution in [0.2, 0.25) is 0 Å². The molecule has 0 radical (unpaired) electrons. The third kappa shape index (κ3) is 2.56. The van der Waals surface area contributed by atoms with Gasteiger partial charge in [-0.3, -0.25) is 4.79 Å². The SMILES string of the molecule is CC1=CC(=O)[C@H]2C[C@@H]1[C@@]2(C)CO[C@@H]1O[C@H](CO)[C@@H](O)[C@H](O)[C@H]1O. The number of aliphatic hydroxyl groups is 4. The van der Waals surface area contributed by atoms with Crippen molar-refractivity contribution in [1.82, 2.24) is 0 Å². The van der Waals surface area contributed by atoms with Crippen LogP contribution in [0, 0.1) is 17.3 Å². The van der Waals surface area contributed by atoms with Crippen molar-refractivity contribution < 1.29 is 34.7 Å². The van der Waals surface area contributed by atoms with Crippen LogP contribution in [-0.4, -0.2) is 70.1 Å². The summed E-state index contributed by atoms with van der Waals surface area (Å²) in [4.78, 5) is 12.0. The standard InChI is InChI=1S/C16H24O7/c1-7-3-10(18)9-4-8(7)16(9,2)6-22-15-14(21)13(20)12(19)11(5-17)23-15/h3,8-9,11-15,17,19-21H,4-6H2,1-2H3/t8-,9+,11+,12+,13-,14+,15+,16+/m0/s1. The lowest BCUT2D eigenvalue weighted by atomic mass is 9.48. The summed E-state index contributed by atoms with van der Waals surface area (Å²) in [5.41, 5.74) is 0.687. The fraction of sp³-hybridized carbons (Fsp3) is 0.812. The molecule has 0 aromatic heterocycles. The van der Waals surface area contributed by atoms with Crippen molar-refractivity contribution in [2.75, 3.05) is 13.2 Å². The van der Waals surface area contributed by atoms with E-state index in [9.17, 15) is 25.2 Å². The molecule has 0 unspecified atom stereocenters. The third-order valence-corrected chi connectivity index (χ3v) is 5.73. The zero-order valence-electron chi connectivity index (χ0n) is 13.3. The summed E-state index contributed by atoms with van der Waals surface area (Å²) in [5.74, 6) is 0.265. The van der Waals surface area contributed by atoms with E-state index in [1.807, 2.05) is 13.8 Å². The molecule has 7 heteroatoms. The van der Waals surface area contributed by atoms with E-state index in [0.29, 0.717) is 0 Å². The molecule has 8 atom stereocenters. The van der Waals surface area contributed by atoms with E-state index >= 15 is 0 Å². The van der Waals surface area contributed by atoms with Gasteiger partial charge in [-0.15, -0.1) is 0 Å². The summed E-state index contributed by atoms with van der Waals surface area (Å²) in [7, 11) is 0. The van der Waals surface area contributed by atoms with E-state index in [2.05, 4.69) is 0 Å². The molecule has 23 heavy (non-hydrogen) atoms. The number of ether oxygens (including phenoxy) is 2. The molecule has 4 aliphatic rings. The Kier molecular flexibility index (Phi) is 4.37. The highest BCUT2D eigenvalue weighted by atomic mass is 16.7. The molecule has 0 aromatic rings. The van der Waals surface area contributed by atoms with Crippen molar-refractivity contribution in [2.45, 2.75) is 51.0 Å². The molecule has 3 aliphatic carbocycles. The van der Waals surface area contributed by atoms with Crippen molar-refractivity contribution in [1.29, 1.82) is 0 Å². The van der Waals surface area contributed by atoms with Crippen molar-refractivity contribution in [3.63, 3.8) is 0 Å². The Morgan fingerprint density at radius 3 is 2.52 bits per heavy atom.